The Balaban J connectivity index is 1.61. The summed E-state index contributed by atoms with van der Waals surface area (Å²) in [6.45, 7) is 0.338. The second-order valence-electron chi connectivity index (χ2n) is 4.48. The van der Waals surface area contributed by atoms with Gasteiger partial charge < -0.3 is 14.5 Å². The maximum atomic E-state index is 12.1. The second kappa shape index (κ2) is 7.40. The van der Waals surface area contributed by atoms with Crippen LogP contribution in [-0.2, 0) is 11.3 Å². The smallest absolute Gasteiger partial charge is 0.291 e. The van der Waals surface area contributed by atoms with Crippen molar-refractivity contribution in [1.82, 2.24) is 10.2 Å². The topological polar surface area (TPSA) is 77.2 Å². The van der Waals surface area contributed by atoms with E-state index in [-0.39, 0.29) is 11.7 Å². The number of hydrogen-bond donors (Lipinski definition) is 1. The molecule has 118 valence electrons. The molecule has 3 rings (SSSR count). The summed E-state index contributed by atoms with van der Waals surface area (Å²) in [5, 5.41) is 10.6. The summed E-state index contributed by atoms with van der Waals surface area (Å²) < 4.78 is 11.2. The number of nitrogens with zero attached hydrogens (tertiary/aromatic N) is 2. The van der Waals surface area contributed by atoms with Crippen molar-refractivity contribution in [3.05, 3.63) is 53.4 Å². The number of benzene rings is 1. The summed E-state index contributed by atoms with van der Waals surface area (Å²) >= 11 is 3.01. The Morgan fingerprint density at radius 1 is 1.30 bits per heavy atom. The minimum atomic E-state index is -0.295. The number of aromatic nitrogens is 2. The van der Waals surface area contributed by atoms with Gasteiger partial charge in [0, 0.05) is 17.7 Å². The van der Waals surface area contributed by atoms with Gasteiger partial charge in [0.05, 0.1) is 0 Å². The number of carbonyl (C=O) groups excluding carboxylic acids is 1. The van der Waals surface area contributed by atoms with Crippen LogP contribution in [0, 0.1) is 0 Å². The van der Waals surface area contributed by atoms with Crippen LogP contribution >= 0.6 is 23.1 Å². The monoisotopic (exact) mass is 347 g/mol. The van der Waals surface area contributed by atoms with Crippen molar-refractivity contribution < 1.29 is 13.9 Å². The van der Waals surface area contributed by atoms with Crippen molar-refractivity contribution in [1.29, 1.82) is 0 Å². The summed E-state index contributed by atoms with van der Waals surface area (Å²) in [5.41, 5.74) is 2.39. The average Bonchev–Trinajstić information content (AvgIpc) is 3.21. The van der Waals surface area contributed by atoms with Gasteiger partial charge in [-0.25, -0.2) is 0 Å². The van der Waals surface area contributed by atoms with Crippen LogP contribution in [0.4, 0.5) is 5.69 Å². The van der Waals surface area contributed by atoms with Crippen LogP contribution in [0.1, 0.15) is 16.3 Å². The van der Waals surface area contributed by atoms with E-state index >= 15 is 0 Å². The zero-order valence-electron chi connectivity index (χ0n) is 12.2. The van der Waals surface area contributed by atoms with Crippen LogP contribution in [0.5, 0.6) is 0 Å². The largest absolute Gasteiger partial charge is 0.453 e. The lowest BCUT2D eigenvalue weighted by Crippen LogP contribution is -2.10. The number of anilines is 1. The van der Waals surface area contributed by atoms with Crippen LogP contribution in [0.15, 0.2) is 55.6 Å². The third kappa shape index (κ3) is 4.19. The molecule has 0 fully saturated rings. The summed E-state index contributed by atoms with van der Waals surface area (Å²) in [4.78, 5) is 13.1. The number of amides is 1. The van der Waals surface area contributed by atoms with Gasteiger partial charge in [-0.05, 0) is 36.4 Å². The number of hydrogen-bond acceptors (Lipinski definition) is 7. The van der Waals surface area contributed by atoms with Gasteiger partial charge in [0.25, 0.3) is 5.91 Å². The van der Waals surface area contributed by atoms with Gasteiger partial charge in [-0.15, -0.1) is 10.2 Å². The Morgan fingerprint density at radius 3 is 2.83 bits per heavy atom. The van der Waals surface area contributed by atoms with Crippen molar-refractivity contribution in [2.45, 2.75) is 15.8 Å². The van der Waals surface area contributed by atoms with Crippen molar-refractivity contribution >= 4 is 34.7 Å². The maximum absolute atomic E-state index is 12.1. The zero-order valence-corrected chi connectivity index (χ0v) is 13.8. The molecular formula is C15H13N3O3S2. The van der Waals surface area contributed by atoms with Crippen LogP contribution in [-0.4, -0.2) is 23.2 Å². The molecule has 0 aliphatic heterocycles. The first-order valence-corrected chi connectivity index (χ1v) is 8.37. The molecule has 1 aromatic carbocycles. The number of methoxy groups -OCH3 is 1. The molecular weight excluding hydrogens is 334 g/mol. The highest BCUT2D eigenvalue weighted by Crippen LogP contribution is 2.29. The maximum Gasteiger partial charge on any atom is 0.291 e. The van der Waals surface area contributed by atoms with Gasteiger partial charge in [0.2, 0.25) is 0 Å². The molecule has 23 heavy (non-hydrogen) atoms. The predicted molar refractivity (Wildman–Crippen MR) is 87.8 cm³/mol. The lowest BCUT2D eigenvalue weighted by Gasteiger charge is -2.04. The molecule has 0 unspecified atom stereocenters. The number of rotatable bonds is 6. The second-order valence-corrected chi connectivity index (χ2v) is 6.64. The van der Waals surface area contributed by atoms with Crippen LogP contribution in [0.25, 0.3) is 0 Å². The molecule has 0 aliphatic rings. The minimum absolute atomic E-state index is 0.254. The Morgan fingerprint density at radius 2 is 2.13 bits per heavy atom. The normalized spacial score (nSPS) is 10.7. The highest BCUT2D eigenvalue weighted by molar-refractivity contribution is 8.01. The van der Waals surface area contributed by atoms with E-state index < -0.39 is 0 Å². The quantitative estimate of drug-likeness (QED) is 0.733. The molecule has 0 saturated carbocycles. The SMILES string of the molecule is COCc1ccc(C(=O)Nc2ccc(Sc3nncs3)cc2)o1. The lowest BCUT2D eigenvalue weighted by molar-refractivity contribution is 0.0987. The van der Waals surface area contributed by atoms with Crippen molar-refractivity contribution in [2.75, 3.05) is 12.4 Å². The van der Waals surface area contributed by atoms with E-state index in [0.29, 0.717) is 18.1 Å². The van der Waals surface area contributed by atoms with Gasteiger partial charge >= 0.3 is 0 Å². The highest BCUT2D eigenvalue weighted by Gasteiger charge is 2.11. The fourth-order valence-corrected chi connectivity index (χ4v) is 3.28. The Labute approximate surface area is 140 Å². The van der Waals surface area contributed by atoms with Crippen LogP contribution in [0.2, 0.25) is 0 Å². The molecule has 0 atom stereocenters. The first-order valence-electron chi connectivity index (χ1n) is 6.67. The van der Waals surface area contributed by atoms with Gasteiger partial charge in [0.1, 0.15) is 17.9 Å². The molecule has 0 radical (unpaired) electrons. The molecule has 0 bridgehead atoms. The Bertz CT molecular complexity index is 770. The summed E-state index contributed by atoms with van der Waals surface area (Å²) in [6, 6.07) is 10.9. The number of ether oxygens (including phenoxy) is 1. The van der Waals surface area contributed by atoms with E-state index in [9.17, 15) is 4.79 Å². The van der Waals surface area contributed by atoms with E-state index in [1.54, 1.807) is 24.8 Å². The highest BCUT2D eigenvalue weighted by atomic mass is 32.2. The summed E-state index contributed by atoms with van der Waals surface area (Å²) in [5.74, 6) is 0.572. The standard InChI is InChI=1S/C15H13N3O3S2/c1-20-8-11-4-7-13(21-11)14(19)17-10-2-5-12(6-3-10)23-15-18-16-9-22-15/h2-7,9H,8H2,1H3,(H,17,19). The summed E-state index contributed by atoms with van der Waals surface area (Å²) in [7, 11) is 1.57. The molecule has 8 heteroatoms. The predicted octanol–water partition coefficient (Wildman–Crippen LogP) is 3.68. The first kappa shape index (κ1) is 15.7. The fourth-order valence-electron chi connectivity index (χ4n) is 1.83. The van der Waals surface area contributed by atoms with Crippen molar-refractivity contribution in [3.63, 3.8) is 0 Å². The van der Waals surface area contributed by atoms with E-state index in [4.69, 9.17) is 9.15 Å². The van der Waals surface area contributed by atoms with Crippen molar-refractivity contribution in [3.8, 4) is 0 Å². The van der Waals surface area contributed by atoms with Gasteiger partial charge in [-0.2, -0.15) is 0 Å². The Kier molecular flexibility index (Phi) is 5.06. The van der Waals surface area contributed by atoms with Crippen LogP contribution in [0.3, 0.4) is 0 Å². The molecule has 3 aromatic rings. The molecule has 1 amide bonds. The third-order valence-electron chi connectivity index (χ3n) is 2.83. The van der Waals surface area contributed by atoms with Gasteiger partial charge in [-0.3, -0.25) is 4.79 Å². The van der Waals surface area contributed by atoms with Gasteiger partial charge in [-0.1, -0.05) is 23.1 Å². The van der Waals surface area contributed by atoms with Gasteiger partial charge in [0.15, 0.2) is 10.1 Å². The summed E-state index contributed by atoms with van der Waals surface area (Å²) in [6.07, 6.45) is 0. The van der Waals surface area contributed by atoms with Crippen molar-refractivity contribution in [2.24, 2.45) is 0 Å². The zero-order chi connectivity index (χ0) is 16.1. The molecule has 0 saturated heterocycles. The number of furan rings is 1. The van der Waals surface area contributed by atoms with E-state index in [1.165, 1.54) is 23.1 Å². The molecule has 0 spiro atoms. The molecule has 2 aromatic heterocycles. The average molecular weight is 347 g/mol. The van der Waals surface area contributed by atoms with E-state index in [0.717, 1.165) is 9.24 Å². The first-order chi connectivity index (χ1) is 11.2. The Hall–Kier alpha value is -2.16. The van der Waals surface area contributed by atoms with E-state index in [1.807, 2.05) is 24.3 Å². The number of nitrogens with one attached hydrogen (secondary N) is 1. The fraction of sp³-hybridized carbons (Fsp3) is 0.133. The molecule has 1 N–H and O–H groups in total. The molecule has 0 aliphatic carbocycles. The van der Waals surface area contributed by atoms with Crippen LogP contribution < -0.4 is 5.32 Å². The molecule has 6 nitrogen and oxygen atoms in total. The minimum Gasteiger partial charge on any atom is -0.453 e. The lowest BCUT2D eigenvalue weighted by atomic mass is 10.3. The van der Waals surface area contributed by atoms with E-state index in [2.05, 4.69) is 15.5 Å². The number of carbonyl (C=O) groups is 1. The molecule has 2 heterocycles. The third-order valence-corrected chi connectivity index (χ3v) is 4.62.